The van der Waals surface area contributed by atoms with Crippen LogP contribution in [-0.4, -0.2) is 20.5 Å². The monoisotopic (exact) mass is 339 g/mol. The molecule has 2 aromatic carbocycles. The van der Waals surface area contributed by atoms with E-state index in [1.54, 1.807) is 11.8 Å². The number of thioether (sulfide) groups is 1. The highest BCUT2D eigenvalue weighted by atomic mass is 32.2. The Kier molecular flexibility index (Phi) is 5.54. The number of nitrogens with zero attached hydrogens (tertiary/aromatic N) is 3. The zero-order chi connectivity index (χ0) is 16.8. The van der Waals surface area contributed by atoms with Gasteiger partial charge in [0.25, 0.3) is 0 Å². The molecule has 0 amide bonds. The molecule has 0 aliphatic heterocycles. The zero-order valence-electron chi connectivity index (χ0n) is 13.9. The van der Waals surface area contributed by atoms with Crippen molar-refractivity contribution in [3.8, 4) is 11.4 Å². The van der Waals surface area contributed by atoms with Crippen LogP contribution in [0.5, 0.6) is 5.75 Å². The van der Waals surface area contributed by atoms with Crippen molar-refractivity contribution in [2.45, 2.75) is 25.6 Å². The van der Waals surface area contributed by atoms with Gasteiger partial charge in [-0.05, 0) is 30.2 Å². The molecule has 4 nitrogen and oxygen atoms in total. The van der Waals surface area contributed by atoms with Crippen LogP contribution >= 0.6 is 11.8 Å². The third-order valence-corrected chi connectivity index (χ3v) is 4.73. The van der Waals surface area contributed by atoms with E-state index in [2.05, 4.69) is 40.7 Å². The largest absolute Gasteiger partial charge is 0.486 e. The zero-order valence-corrected chi connectivity index (χ0v) is 14.7. The summed E-state index contributed by atoms with van der Waals surface area (Å²) in [6.07, 6.45) is 0. The van der Waals surface area contributed by atoms with Crippen LogP contribution in [0.2, 0.25) is 0 Å². The molecule has 1 aromatic heterocycles. The number of rotatable bonds is 7. The Morgan fingerprint density at radius 2 is 1.62 bits per heavy atom. The van der Waals surface area contributed by atoms with Crippen molar-refractivity contribution in [2.75, 3.05) is 5.75 Å². The first kappa shape index (κ1) is 16.6. The normalized spacial score (nSPS) is 11.0. The van der Waals surface area contributed by atoms with Gasteiger partial charge in [0.2, 0.25) is 0 Å². The molecular formula is C19H21N3OS. The number of hydrogen-bond donors (Lipinski definition) is 0. The SMILES string of the molecule is CC(C)CSc1nnc(COc2ccccc2)n1-c1ccccc1. The molecule has 0 bridgehead atoms. The second kappa shape index (κ2) is 8.02. The minimum absolute atomic E-state index is 0.383. The van der Waals surface area contributed by atoms with Gasteiger partial charge in [-0.25, -0.2) is 0 Å². The summed E-state index contributed by atoms with van der Waals surface area (Å²) in [7, 11) is 0. The van der Waals surface area contributed by atoms with Gasteiger partial charge in [0.1, 0.15) is 12.4 Å². The predicted octanol–water partition coefficient (Wildman–Crippen LogP) is 4.59. The molecule has 0 radical (unpaired) electrons. The molecule has 0 fully saturated rings. The van der Waals surface area contributed by atoms with Crippen LogP contribution in [0.25, 0.3) is 5.69 Å². The smallest absolute Gasteiger partial charge is 0.195 e. The quantitative estimate of drug-likeness (QED) is 0.590. The maximum Gasteiger partial charge on any atom is 0.195 e. The van der Waals surface area contributed by atoms with Gasteiger partial charge in [0.05, 0.1) is 0 Å². The van der Waals surface area contributed by atoms with E-state index in [-0.39, 0.29) is 0 Å². The third kappa shape index (κ3) is 4.17. The molecular weight excluding hydrogens is 318 g/mol. The summed E-state index contributed by atoms with van der Waals surface area (Å²) in [6, 6.07) is 20.0. The Balaban J connectivity index is 1.85. The highest BCUT2D eigenvalue weighted by Gasteiger charge is 2.15. The molecule has 0 aliphatic rings. The van der Waals surface area contributed by atoms with Crippen LogP contribution in [0.1, 0.15) is 19.7 Å². The van der Waals surface area contributed by atoms with E-state index in [9.17, 15) is 0 Å². The Morgan fingerprint density at radius 3 is 2.29 bits per heavy atom. The fourth-order valence-electron chi connectivity index (χ4n) is 2.23. The van der Waals surface area contributed by atoms with Crippen LogP contribution in [0, 0.1) is 5.92 Å². The highest BCUT2D eigenvalue weighted by Crippen LogP contribution is 2.24. The van der Waals surface area contributed by atoms with Gasteiger partial charge in [0, 0.05) is 11.4 Å². The van der Waals surface area contributed by atoms with E-state index in [0.29, 0.717) is 12.5 Å². The summed E-state index contributed by atoms with van der Waals surface area (Å²) >= 11 is 1.73. The molecule has 1 heterocycles. The lowest BCUT2D eigenvalue weighted by atomic mass is 10.3. The van der Waals surface area contributed by atoms with E-state index in [4.69, 9.17) is 4.74 Å². The van der Waals surface area contributed by atoms with Crippen molar-refractivity contribution in [1.29, 1.82) is 0 Å². The van der Waals surface area contributed by atoms with Crippen molar-refractivity contribution in [3.05, 3.63) is 66.5 Å². The van der Waals surface area contributed by atoms with Crippen molar-refractivity contribution >= 4 is 11.8 Å². The fourth-order valence-corrected chi connectivity index (χ4v) is 3.15. The Bertz CT molecular complexity index is 757. The second-order valence-electron chi connectivity index (χ2n) is 5.88. The maximum atomic E-state index is 5.86. The summed E-state index contributed by atoms with van der Waals surface area (Å²) in [6.45, 7) is 4.79. The first-order chi connectivity index (χ1) is 11.7. The molecule has 0 unspecified atom stereocenters. The first-order valence-corrected chi connectivity index (χ1v) is 9.03. The lowest BCUT2D eigenvalue weighted by molar-refractivity contribution is 0.293. The molecule has 3 rings (SSSR count). The summed E-state index contributed by atoms with van der Waals surface area (Å²) < 4.78 is 7.94. The van der Waals surface area contributed by atoms with E-state index in [1.807, 2.05) is 48.5 Å². The highest BCUT2D eigenvalue weighted by molar-refractivity contribution is 7.99. The van der Waals surface area contributed by atoms with Gasteiger partial charge < -0.3 is 4.74 Å². The van der Waals surface area contributed by atoms with Crippen molar-refractivity contribution < 1.29 is 4.74 Å². The minimum Gasteiger partial charge on any atom is -0.486 e. The Labute approximate surface area is 146 Å². The number of para-hydroxylation sites is 2. The van der Waals surface area contributed by atoms with E-state index >= 15 is 0 Å². The molecule has 5 heteroatoms. The molecule has 0 aliphatic carbocycles. The van der Waals surface area contributed by atoms with Gasteiger partial charge in [0.15, 0.2) is 11.0 Å². The predicted molar refractivity (Wildman–Crippen MR) is 97.7 cm³/mol. The average molecular weight is 339 g/mol. The minimum atomic E-state index is 0.383. The van der Waals surface area contributed by atoms with E-state index in [1.165, 1.54) is 0 Å². The van der Waals surface area contributed by atoms with Gasteiger partial charge in [-0.1, -0.05) is 62.0 Å². The molecule has 0 N–H and O–H groups in total. The van der Waals surface area contributed by atoms with Crippen LogP contribution in [0.15, 0.2) is 65.8 Å². The maximum absolute atomic E-state index is 5.86. The van der Waals surface area contributed by atoms with Crippen LogP contribution in [-0.2, 0) is 6.61 Å². The van der Waals surface area contributed by atoms with Crippen LogP contribution < -0.4 is 4.74 Å². The molecule has 0 saturated heterocycles. The summed E-state index contributed by atoms with van der Waals surface area (Å²) in [5, 5.41) is 9.63. The standard InChI is InChI=1S/C19H21N3OS/c1-15(2)14-24-19-21-20-18(13-23-17-11-7-4-8-12-17)22(19)16-9-5-3-6-10-16/h3-12,15H,13-14H2,1-2H3. The van der Waals surface area contributed by atoms with Gasteiger partial charge in [-0.15, -0.1) is 10.2 Å². The van der Waals surface area contributed by atoms with Gasteiger partial charge in [-0.3, -0.25) is 4.57 Å². The van der Waals surface area contributed by atoms with Gasteiger partial charge >= 0.3 is 0 Å². The molecule has 24 heavy (non-hydrogen) atoms. The van der Waals surface area contributed by atoms with Crippen molar-refractivity contribution in [1.82, 2.24) is 14.8 Å². The Hall–Kier alpha value is -2.27. The number of benzene rings is 2. The van der Waals surface area contributed by atoms with Crippen molar-refractivity contribution in [2.24, 2.45) is 5.92 Å². The van der Waals surface area contributed by atoms with Gasteiger partial charge in [-0.2, -0.15) is 0 Å². The third-order valence-electron chi connectivity index (χ3n) is 3.37. The topological polar surface area (TPSA) is 39.9 Å². The van der Waals surface area contributed by atoms with Crippen LogP contribution in [0.3, 0.4) is 0 Å². The molecule has 0 atom stereocenters. The van der Waals surface area contributed by atoms with Crippen LogP contribution in [0.4, 0.5) is 0 Å². The lowest BCUT2D eigenvalue weighted by Gasteiger charge is -2.11. The number of ether oxygens (including phenoxy) is 1. The average Bonchev–Trinajstić information content (AvgIpc) is 3.02. The molecule has 124 valence electrons. The summed E-state index contributed by atoms with van der Waals surface area (Å²) in [4.78, 5) is 0. The fraction of sp³-hybridized carbons (Fsp3) is 0.263. The van der Waals surface area contributed by atoms with E-state index < -0.39 is 0 Å². The number of hydrogen-bond acceptors (Lipinski definition) is 4. The lowest BCUT2D eigenvalue weighted by Crippen LogP contribution is -2.07. The first-order valence-electron chi connectivity index (χ1n) is 8.04. The van der Waals surface area contributed by atoms with E-state index in [0.717, 1.165) is 28.2 Å². The summed E-state index contributed by atoms with van der Waals surface area (Å²) in [5.41, 5.74) is 1.06. The van der Waals surface area contributed by atoms with Crippen molar-refractivity contribution in [3.63, 3.8) is 0 Å². The summed E-state index contributed by atoms with van der Waals surface area (Å²) in [5.74, 6) is 3.23. The molecule has 0 saturated carbocycles. The Morgan fingerprint density at radius 1 is 0.958 bits per heavy atom. The second-order valence-corrected chi connectivity index (χ2v) is 6.86. The number of aromatic nitrogens is 3. The molecule has 0 spiro atoms. The molecule has 3 aromatic rings.